The van der Waals surface area contributed by atoms with Crippen LogP contribution in [0, 0.1) is 18.7 Å². The normalized spacial score (nSPS) is 21.7. The lowest BCUT2D eigenvalue weighted by Crippen LogP contribution is -2.44. The highest BCUT2D eigenvalue weighted by Crippen LogP contribution is 2.41. The van der Waals surface area contributed by atoms with Gasteiger partial charge < -0.3 is 10.6 Å². The SMILES string of the molecule is Cc1ccc([C@H](NC(=O)CN2C(=O)N[C@@](C)(c3ccc(F)cc3Br)C2=O)C2CC2)cc1. The fourth-order valence-corrected chi connectivity index (χ4v) is 4.70. The first-order valence-corrected chi connectivity index (χ1v) is 10.9. The Labute approximate surface area is 188 Å². The van der Waals surface area contributed by atoms with Crippen LogP contribution >= 0.6 is 15.9 Å². The summed E-state index contributed by atoms with van der Waals surface area (Å²) in [4.78, 5) is 39.3. The third-order valence-electron chi connectivity index (χ3n) is 5.89. The number of nitrogens with zero attached hydrogens (tertiary/aromatic N) is 1. The first-order chi connectivity index (χ1) is 14.7. The monoisotopic (exact) mass is 487 g/mol. The van der Waals surface area contributed by atoms with Crippen LogP contribution < -0.4 is 10.6 Å². The van der Waals surface area contributed by atoms with E-state index in [1.54, 1.807) is 6.92 Å². The number of hydrogen-bond acceptors (Lipinski definition) is 3. The standard InChI is InChI=1S/C23H23BrFN3O3/c1-13-3-5-14(6-4-13)20(15-7-8-15)26-19(29)12-28-21(30)23(2,27-22(28)31)17-10-9-16(25)11-18(17)24/h3-6,9-11,15,20H,7-8,12H2,1-2H3,(H,26,29)(H,27,31)/t20-,23-/m0/s1. The number of nitrogens with one attached hydrogen (secondary N) is 2. The van der Waals surface area contributed by atoms with Gasteiger partial charge in [0, 0.05) is 10.0 Å². The Kier molecular flexibility index (Phi) is 5.60. The summed E-state index contributed by atoms with van der Waals surface area (Å²) in [5, 5.41) is 5.64. The molecule has 2 fully saturated rings. The summed E-state index contributed by atoms with van der Waals surface area (Å²) in [5.74, 6) is -1.06. The first-order valence-electron chi connectivity index (χ1n) is 10.1. The van der Waals surface area contributed by atoms with E-state index < -0.39 is 29.2 Å². The lowest BCUT2D eigenvalue weighted by atomic mass is 9.92. The number of imide groups is 1. The average molecular weight is 488 g/mol. The molecule has 1 heterocycles. The van der Waals surface area contributed by atoms with Gasteiger partial charge in [0.25, 0.3) is 5.91 Å². The number of urea groups is 1. The van der Waals surface area contributed by atoms with Crippen LogP contribution in [0.25, 0.3) is 0 Å². The number of hydrogen-bond donors (Lipinski definition) is 2. The van der Waals surface area contributed by atoms with Crippen molar-refractivity contribution in [2.75, 3.05) is 6.54 Å². The van der Waals surface area contributed by atoms with E-state index in [0.29, 0.717) is 16.0 Å². The van der Waals surface area contributed by atoms with Crippen LogP contribution in [0.4, 0.5) is 9.18 Å². The first kappa shape index (κ1) is 21.5. The minimum Gasteiger partial charge on any atom is -0.347 e. The smallest absolute Gasteiger partial charge is 0.325 e. The second-order valence-electron chi connectivity index (χ2n) is 8.36. The van der Waals surface area contributed by atoms with E-state index in [0.717, 1.165) is 28.9 Å². The van der Waals surface area contributed by atoms with E-state index in [4.69, 9.17) is 0 Å². The molecule has 2 aromatic carbocycles. The number of amides is 4. The lowest BCUT2D eigenvalue weighted by Gasteiger charge is -2.24. The minimum atomic E-state index is -1.39. The van der Waals surface area contributed by atoms with Crippen molar-refractivity contribution in [3.05, 3.63) is 69.4 Å². The lowest BCUT2D eigenvalue weighted by molar-refractivity contribution is -0.135. The summed E-state index contributed by atoms with van der Waals surface area (Å²) in [7, 11) is 0. The third kappa shape index (κ3) is 4.21. The number of carbonyl (C=O) groups excluding carboxylic acids is 3. The van der Waals surface area contributed by atoms with E-state index in [9.17, 15) is 18.8 Å². The maximum atomic E-state index is 13.5. The van der Waals surface area contributed by atoms with Crippen LogP contribution in [-0.2, 0) is 15.1 Å². The van der Waals surface area contributed by atoms with Crippen LogP contribution in [-0.4, -0.2) is 29.3 Å². The number of rotatable bonds is 6. The predicted octanol–water partition coefficient (Wildman–Crippen LogP) is 3.93. The molecule has 1 saturated heterocycles. The van der Waals surface area contributed by atoms with Crippen LogP contribution in [0.3, 0.4) is 0 Å². The second kappa shape index (κ2) is 8.07. The highest BCUT2D eigenvalue weighted by molar-refractivity contribution is 9.10. The molecule has 1 saturated carbocycles. The van der Waals surface area contributed by atoms with Gasteiger partial charge >= 0.3 is 6.03 Å². The molecule has 31 heavy (non-hydrogen) atoms. The fraction of sp³-hybridized carbons (Fsp3) is 0.348. The quantitative estimate of drug-likeness (QED) is 0.605. The maximum absolute atomic E-state index is 13.5. The van der Waals surface area contributed by atoms with Crippen LogP contribution in [0.1, 0.15) is 42.5 Å². The van der Waals surface area contributed by atoms with Gasteiger partial charge in [0.2, 0.25) is 5.91 Å². The van der Waals surface area contributed by atoms with Gasteiger partial charge in [0.1, 0.15) is 17.9 Å². The van der Waals surface area contributed by atoms with E-state index >= 15 is 0 Å². The molecule has 1 aliphatic heterocycles. The molecule has 8 heteroatoms. The number of benzene rings is 2. The van der Waals surface area contributed by atoms with Crippen molar-refractivity contribution in [1.82, 2.24) is 15.5 Å². The largest absolute Gasteiger partial charge is 0.347 e. The molecule has 1 aliphatic carbocycles. The fourth-order valence-electron chi connectivity index (χ4n) is 3.96. The Hall–Kier alpha value is -2.74. The summed E-state index contributed by atoms with van der Waals surface area (Å²) < 4.78 is 13.8. The van der Waals surface area contributed by atoms with Gasteiger partial charge in [0.15, 0.2) is 0 Å². The van der Waals surface area contributed by atoms with Gasteiger partial charge in [0.05, 0.1) is 6.04 Å². The highest BCUT2D eigenvalue weighted by Gasteiger charge is 2.50. The Morgan fingerprint density at radius 3 is 2.55 bits per heavy atom. The summed E-state index contributed by atoms with van der Waals surface area (Å²) in [6.07, 6.45) is 2.05. The Morgan fingerprint density at radius 2 is 1.94 bits per heavy atom. The van der Waals surface area contributed by atoms with Gasteiger partial charge in [-0.1, -0.05) is 51.8 Å². The number of aryl methyl sites for hydroxylation is 1. The molecule has 162 valence electrons. The zero-order valence-electron chi connectivity index (χ0n) is 17.2. The molecule has 2 N–H and O–H groups in total. The molecule has 0 radical (unpaired) electrons. The molecule has 0 bridgehead atoms. The Balaban J connectivity index is 1.49. The summed E-state index contributed by atoms with van der Waals surface area (Å²) in [6.45, 7) is 3.17. The van der Waals surface area contributed by atoms with Crippen LogP contribution in [0.2, 0.25) is 0 Å². The Morgan fingerprint density at radius 1 is 1.26 bits per heavy atom. The molecule has 0 unspecified atom stereocenters. The molecule has 0 aromatic heterocycles. The molecular weight excluding hydrogens is 465 g/mol. The molecule has 2 aromatic rings. The van der Waals surface area contributed by atoms with Crippen molar-refractivity contribution >= 4 is 33.8 Å². The zero-order valence-corrected chi connectivity index (χ0v) is 18.8. The number of halogens is 2. The van der Waals surface area contributed by atoms with E-state index in [-0.39, 0.29) is 12.6 Å². The molecule has 4 rings (SSSR count). The van der Waals surface area contributed by atoms with Gasteiger partial charge in [-0.05, 0) is 50.3 Å². The van der Waals surface area contributed by atoms with Crippen LogP contribution in [0.5, 0.6) is 0 Å². The van der Waals surface area contributed by atoms with Gasteiger partial charge in [-0.2, -0.15) is 0 Å². The zero-order chi connectivity index (χ0) is 22.3. The van der Waals surface area contributed by atoms with Gasteiger partial charge in [-0.25, -0.2) is 9.18 Å². The molecule has 2 aliphatic rings. The van der Waals surface area contributed by atoms with Crippen molar-refractivity contribution in [2.24, 2.45) is 5.92 Å². The van der Waals surface area contributed by atoms with Crippen molar-refractivity contribution in [3.8, 4) is 0 Å². The topological polar surface area (TPSA) is 78.5 Å². The molecule has 6 nitrogen and oxygen atoms in total. The summed E-state index contributed by atoms with van der Waals surface area (Å²) >= 11 is 3.26. The van der Waals surface area contributed by atoms with Gasteiger partial charge in [-0.15, -0.1) is 0 Å². The second-order valence-corrected chi connectivity index (χ2v) is 9.22. The van der Waals surface area contributed by atoms with E-state index in [1.807, 2.05) is 31.2 Å². The molecular formula is C23H23BrFN3O3. The summed E-state index contributed by atoms with van der Waals surface area (Å²) in [6, 6.07) is 11.1. The maximum Gasteiger partial charge on any atom is 0.325 e. The highest BCUT2D eigenvalue weighted by atomic mass is 79.9. The molecule has 0 spiro atoms. The summed E-state index contributed by atoms with van der Waals surface area (Å²) in [5.41, 5.74) is 1.18. The van der Waals surface area contributed by atoms with Crippen molar-refractivity contribution in [2.45, 2.75) is 38.3 Å². The van der Waals surface area contributed by atoms with E-state index in [2.05, 4.69) is 26.6 Å². The number of carbonyl (C=O) groups is 3. The predicted molar refractivity (Wildman–Crippen MR) is 116 cm³/mol. The van der Waals surface area contributed by atoms with Crippen molar-refractivity contribution in [1.29, 1.82) is 0 Å². The minimum absolute atomic E-state index is 0.147. The average Bonchev–Trinajstić information content (AvgIpc) is 3.52. The van der Waals surface area contributed by atoms with Crippen molar-refractivity contribution < 1.29 is 18.8 Å². The molecule has 2 atom stereocenters. The third-order valence-corrected chi connectivity index (χ3v) is 6.55. The Bertz CT molecular complexity index is 1050. The van der Waals surface area contributed by atoms with Gasteiger partial charge in [-0.3, -0.25) is 14.5 Å². The molecule has 4 amide bonds. The van der Waals surface area contributed by atoms with E-state index in [1.165, 1.54) is 18.2 Å². The van der Waals surface area contributed by atoms with Crippen LogP contribution in [0.15, 0.2) is 46.9 Å². The van der Waals surface area contributed by atoms with Crippen molar-refractivity contribution in [3.63, 3.8) is 0 Å².